The number of β-lactam (4-membered cyclic amide) rings is 1. The number of fused-ring (bicyclic) bond motifs is 1. The van der Waals surface area contributed by atoms with E-state index >= 15 is 0 Å². The normalized spacial score (nSPS) is 20.2. The molecule has 0 radical (unpaired) electrons. The second-order valence-electron chi connectivity index (χ2n) is 8.05. The molecule has 0 aliphatic carbocycles. The van der Waals surface area contributed by atoms with Crippen molar-refractivity contribution in [1.29, 1.82) is 0 Å². The Morgan fingerprint density at radius 3 is 2.65 bits per heavy atom. The first-order valence-corrected chi connectivity index (χ1v) is 10.3. The number of halogens is 1. The fraction of sp³-hybridized carbons (Fsp3) is 0.292. The molecule has 31 heavy (non-hydrogen) atoms. The molecular formula is C24H22FN3O3. The van der Waals surface area contributed by atoms with E-state index in [1.54, 1.807) is 28.1 Å². The zero-order valence-corrected chi connectivity index (χ0v) is 17.1. The minimum absolute atomic E-state index is 0.122. The lowest BCUT2D eigenvalue weighted by molar-refractivity contribution is -0.150. The van der Waals surface area contributed by atoms with Gasteiger partial charge in [0.05, 0.1) is 5.54 Å². The van der Waals surface area contributed by atoms with Gasteiger partial charge in [0.2, 0.25) is 0 Å². The van der Waals surface area contributed by atoms with Crippen LogP contribution in [0, 0.1) is 5.82 Å². The number of carbonyl (C=O) groups is 2. The molecule has 3 heterocycles. The second-order valence-corrected chi connectivity index (χ2v) is 8.05. The number of amides is 2. The van der Waals surface area contributed by atoms with E-state index in [1.807, 2.05) is 30.3 Å². The second kappa shape index (κ2) is 7.42. The highest BCUT2D eigenvalue weighted by Gasteiger charge is 2.62. The Hall–Kier alpha value is -3.32. The van der Waals surface area contributed by atoms with E-state index in [4.69, 9.17) is 4.74 Å². The molecule has 1 aromatic heterocycles. The van der Waals surface area contributed by atoms with Gasteiger partial charge in [-0.05, 0) is 42.5 Å². The van der Waals surface area contributed by atoms with Crippen molar-refractivity contribution >= 4 is 28.3 Å². The van der Waals surface area contributed by atoms with E-state index in [0.29, 0.717) is 37.3 Å². The number of likely N-dealkylation sites (tertiary alicyclic amines) is 1. The molecule has 2 amide bonds. The van der Waals surface area contributed by atoms with Crippen LogP contribution in [0.1, 0.15) is 23.3 Å². The van der Waals surface area contributed by atoms with Crippen LogP contribution in [0.5, 0.6) is 0 Å². The third-order valence-corrected chi connectivity index (χ3v) is 6.47. The topological polar surface area (TPSA) is 62.7 Å². The fourth-order valence-corrected chi connectivity index (χ4v) is 4.96. The monoisotopic (exact) mass is 419 g/mol. The van der Waals surface area contributed by atoms with Crippen LogP contribution < -0.4 is 4.90 Å². The van der Waals surface area contributed by atoms with Crippen LogP contribution in [0.25, 0.3) is 10.8 Å². The quantitative estimate of drug-likeness (QED) is 0.611. The molecule has 6 nitrogen and oxygen atoms in total. The molecular weight excluding hydrogens is 397 g/mol. The highest BCUT2D eigenvalue weighted by molar-refractivity contribution is 6.07. The van der Waals surface area contributed by atoms with Crippen LogP contribution in [0.3, 0.4) is 0 Å². The van der Waals surface area contributed by atoms with E-state index in [1.165, 1.54) is 19.2 Å². The average molecular weight is 419 g/mol. The van der Waals surface area contributed by atoms with Gasteiger partial charge >= 0.3 is 0 Å². The first-order valence-electron chi connectivity index (χ1n) is 10.3. The van der Waals surface area contributed by atoms with Crippen LogP contribution in [0.4, 0.5) is 10.1 Å². The van der Waals surface area contributed by atoms with Crippen molar-refractivity contribution in [3.8, 4) is 0 Å². The predicted molar refractivity (Wildman–Crippen MR) is 114 cm³/mol. The number of methoxy groups -OCH3 is 1. The molecule has 2 saturated heterocycles. The Balaban J connectivity index is 1.40. The summed E-state index contributed by atoms with van der Waals surface area (Å²) < 4.78 is 19.3. The molecule has 5 rings (SSSR count). The van der Waals surface area contributed by atoms with Crippen LogP contribution in [-0.4, -0.2) is 53.5 Å². The Labute approximate surface area is 179 Å². The number of nitrogens with zero attached hydrogens (tertiary/aromatic N) is 3. The van der Waals surface area contributed by atoms with Gasteiger partial charge < -0.3 is 14.5 Å². The van der Waals surface area contributed by atoms with Gasteiger partial charge in [-0.3, -0.25) is 14.6 Å². The number of benzene rings is 2. The van der Waals surface area contributed by atoms with E-state index in [-0.39, 0.29) is 11.8 Å². The number of hydrogen-bond acceptors (Lipinski definition) is 4. The number of pyridine rings is 1. The van der Waals surface area contributed by atoms with Gasteiger partial charge in [-0.2, -0.15) is 0 Å². The van der Waals surface area contributed by atoms with Crippen molar-refractivity contribution in [2.24, 2.45) is 0 Å². The van der Waals surface area contributed by atoms with Gasteiger partial charge in [0.1, 0.15) is 11.5 Å². The molecule has 7 heteroatoms. The van der Waals surface area contributed by atoms with E-state index < -0.39 is 17.5 Å². The Kier molecular flexibility index (Phi) is 4.70. The average Bonchev–Trinajstić information content (AvgIpc) is 2.79. The van der Waals surface area contributed by atoms with Gasteiger partial charge in [0.15, 0.2) is 6.10 Å². The molecule has 2 fully saturated rings. The minimum Gasteiger partial charge on any atom is -0.369 e. The number of aromatic nitrogens is 1. The minimum atomic E-state index is -0.594. The first kappa shape index (κ1) is 19.6. The molecule has 0 N–H and O–H groups in total. The number of anilines is 1. The zero-order valence-electron chi connectivity index (χ0n) is 17.1. The van der Waals surface area contributed by atoms with Gasteiger partial charge in [-0.25, -0.2) is 4.39 Å². The Bertz CT molecular complexity index is 1170. The highest BCUT2D eigenvalue weighted by atomic mass is 19.1. The van der Waals surface area contributed by atoms with Crippen LogP contribution in [-0.2, 0) is 9.53 Å². The number of hydrogen-bond donors (Lipinski definition) is 0. The molecule has 0 bridgehead atoms. The van der Waals surface area contributed by atoms with E-state index in [0.717, 1.165) is 10.8 Å². The highest BCUT2D eigenvalue weighted by Crippen LogP contribution is 2.45. The first-order chi connectivity index (χ1) is 15.0. The lowest BCUT2D eigenvalue weighted by atomic mass is 9.72. The molecule has 3 aromatic rings. The number of carbonyl (C=O) groups excluding carboxylic acids is 2. The predicted octanol–water partition coefficient (Wildman–Crippen LogP) is 3.41. The molecule has 0 saturated carbocycles. The Morgan fingerprint density at radius 2 is 1.90 bits per heavy atom. The molecule has 2 aliphatic heterocycles. The molecule has 158 valence electrons. The number of ether oxygens (including phenoxy) is 1. The van der Waals surface area contributed by atoms with Crippen LogP contribution in [0.2, 0.25) is 0 Å². The van der Waals surface area contributed by atoms with Crippen molar-refractivity contribution in [2.75, 3.05) is 25.1 Å². The van der Waals surface area contributed by atoms with Crippen molar-refractivity contribution in [3.05, 3.63) is 72.3 Å². The third-order valence-electron chi connectivity index (χ3n) is 6.47. The fourth-order valence-electron chi connectivity index (χ4n) is 4.96. The summed E-state index contributed by atoms with van der Waals surface area (Å²) in [6, 6.07) is 15.6. The summed E-state index contributed by atoms with van der Waals surface area (Å²) >= 11 is 0. The summed E-state index contributed by atoms with van der Waals surface area (Å²) in [5.74, 6) is -0.692. The SMILES string of the molecule is COC1C(=O)N(c2cccc(F)c2)C12CCN(C(=O)c1nccc3ccccc13)CC2. The van der Waals surface area contributed by atoms with Gasteiger partial charge in [-0.1, -0.05) is 30.3 Å². The van der Waals surface area contributed by atoms with E-state index in [2.05, 4.69) is 4.98 Å². The summed E-state index contributed by atoms with van der Waals surface area (Å²) in [5, 5.41) is 1.79. The number of piperidine rings is 1. The molecule has 2 aliphatic rings. The van der Waals surface area contributed by atoms with Crippen molar-refractivity contribution in [2.45, 2.75) is 24.5 Å². The summed E-state index contributed by atoms with van der Waals surface area (Å²) in [6.45, 7) is 0.922. The van der Waals surface area contributed by atoms with Gasteiger partial charge in [0.25, 0.3) is 11.8 Å². The van der Waals surface area contributed by atoms with E-state index in [9.17, 15) is 14.0 Å². The summed E-state index contributed by atoms with van der Waals surface area (Å²) in [7, 11) is 1.52. The van der Waals surface area contributed by atoms with Gasteiger partial charge in [-0.15, -0.1) is 0 Å². The van der Waals surface area contributed by atoms with Crippen LogP contribution in [0.15, 0.2) is 60.8 Å². The summed E-state index contributed by atoms with van der Waals surface area (Å²) in [5.41, 5.74) is 0.376. The maximum absolute atomic E-state index is 13.8. The van der Waals surface area contributed by atoms with Gasteiger partial charge in [0, 0.05) is 37.5 Å². The zero-order chi connectivity index (χ0) is 21.6. The van der Waals surface area contributed by atoms with Crippen molar-refractivity contribution in [1.82, 2.24) is 9.88 Å². The standard InChI is InChI=1S/C24H22FN3O3/c1-31-21-23(30)28(18-7-4-6-17(25)15-18)24(21)10-13-27(14-11-24)22(29)20-19-8-3-2-5-16(19)9-12-26-20/h2-9,12,15,21H,10-11,13-14H2,1H3. The number of rotatable bonds is 3. The third kappa shape index (κ3) is 2.99. The maximum atomic E-state index is 13.8. The lowest BCUT2D eigenvalue weighted by Crippen LogP contribution is -2.78. The maximum Gasteiger partial charge on any atom is 0.273 e. The molecule has 1 unspecified atom stereocenters. The summed E-state index contributed by atoms with van der Waals surface area (Å²) in [4.78, 5) is 33.8. The smallest absolute Gasteiger partial charge is 0.273 e. The van der Waals surface area contributed by atoms with Crippen molar-refractivity contribution in [3.63, 3.8) is 0 Å². The molecule has 2 aromatic carbocycles. The molecule has 1 spiro atoms. The van der Waals surface area contributed by atoms with Crippen molar-refractivity contribution < 1.29 is 18.7 Å². The lowest BCUT2D eigenvalue weighted by Gasteiger charge is -2.59. The largest absolute Gasteiger partial charge is 0.369 e. The summed E-state index contributed by atoms with van der Waals surface area (Å²) in [6.07, 6.45) is 2.15. The molecule has 1 atom stereocenters. The Morgan fingerprint density at radius 1 is 1.13 bits per heavy atom. The van der Waals surface area contributed by atoms with Crippen LogP contribution >= 0.6 is 0 Å².